The first-order valence-electron chi connectivity index (χ1n) is 9.63. The van der Waals surface area contributed by atoms with Crippen molar-refractivity contribution in [2.24, 2.45) is 5.73 Å². The van der Waals surface area contributed by atoms with E-state index in [4.69, 9.17) is 15.5 Å². The normalized spacial score (nSPS) is 11.0. The van der Waals surface area contributed by atoms with Gasteiger partial charge in [0, 0.05) is 25.1 Å². The number of benzene rings is 2. The van der Waals surface area contributed by atoms with E-state index in [0.717, 1.165) is 24.5 Å². The Morgan fingerprint density at radius 2 is 1.64 bits per heavy atom. The molecule has 0 saturated carbocycles. The lowest BCUT2D eigenvalue weighted by Crippen LogP contribution is -2.17. The van der Waals surface area contributed by atoms with Crippen LogP contribution < -0.4 is 5.73 Å². The van der Waals surface area contributed by atoms with Gasteiger partial charge in [0.05, 0.1) is 5.69 Å². The predicted octanol–water partition coefficient (Wildman–Crippen LogP) is 4.28. The van der Waals surface area contributed by atoms with Crippen LogP contribution in [0.3, 0.4) is 0 Å². The molecule has 28 heavy (non-hydrogen) atoms. The Labute approximate surface area is 166 Å². The van der Waals surface area contributed by atoms with Gasteiger partial charge < -0.3 is 15.0 Å². The lowest BCUT2D eigenvalue weighted by molar-refractivity contribution is 0.157. The molecular formula is C23H27N3O2. The van der Waals surface area contributed by atoms with E-state index in [1.807, 2.05) is 24.3 Å². The van der Waals surface area contributed by atoms with Crippen molar-refractivity contribution >= 4 is 6.09 Å². The molecule has 0 spiro atoms. The lowest BCUT2D eigenvalue weighted by Gasteiger charge is -2.14. The second kappa shape index (κ2) is 9.22. The molecule has 2 aromatic carbocycles. The third kappa shape index (κ3) is 5.00. The van der Waals surface area contributed by atoms with Crippen molar-refractivity contribution in [1.82, 2.24) is 9.55 Å². The molecule has 0 unspecified atom stereocenters. The summed E-state index contributed by atoms with van der Waals surface area (Å²) in [5, 5.41) is 0. The lowest BCUT2D eigenvalue weighted by atomic mass is 10.0. The zero-order valence-electron chi connectivity index (χ0n) is 16.5. The highest BCUT2D eigenvalue weighted by Gasteiger charge is 2.20. The third-order valence-corrected chi connectivity index (χ3v) is 4.70. The molecule has 3 rings (SSSR count). The summed E-state index contributed by atoms with van der Waals surface area (Å²) in [6.07, 6.45) is 0.588. The van der Waals surface area contributed by atoms with E-state index in [9.17, 15) is 4.79 Å². The quantitative estimate of drug-likeness (QED) is 0.637. The Bertz CT molecular complexity index is 902. The van der Waals surface area contributed by atoms with Crippen LogP contribution in [0.2, 0.25) is 0 Å². The Morgan fingerprint density at radius 1 is 1.04 bits per heavy atom. The minimum Gasteiger partial charge on any atom is -0.449 e. The largest absolute Gasteiger partial charge is 0.449 e. The van der Waals surface area contributed by atoms with Gasteiger partial charge in [-0.1, -0.05) is 74.5 Å². The predicted molar refractivity (Wildman–Crippen MR) is 110 cm³/mol. The van der Waals surface area contributed by atoms with Gasteiger partial charge in [0.2, 0.25) is 0 Å². The van der Waals surface area contributed by atoms with Crippen LogP contribution >= 0.6 is 0 Å². The number of primary amides is 1. The Morgan fingerprint density at radius 3 is 2.21 bits per heavy atom. The maximum Gasteiger partial charge on any atom is 0.404 e. The van der Waals surface area contributed by atoms with Crippen LogP contribution in [0.25, 0.3) is 0 Å². The minimum atomic E-state index is -0.755. The highest BCUT2D eigenvalue weighted by Crippen LogP contribution is 2.25. The van der Waals surface area contributed by atoms with Crippen molar-refractivity contribution in [2.45, 2.75) is 39.2 Å². The first-order valence-corrected chi connectivity index (χ1v) is 9.63. The van der Waals surface area contributed by atoms with E-state index in [0.29, 0.717) is 12.3 Å². The van der Waals surface area contributed by atoms with Gasteiger partial charge in [0.1, 0.15) is 12.4 Å². The van der Waals surface area contributed by atoms with E-state index in [1.165, 1.54) is 16.8 Å². The monoisotopic (exact) mass is 377 g/mol. The molecule has 0 saturated heterocycles. The summed E-state index contributed by atoms with van der Waals surface area (Å²) in [6.45, 7) is 5.28. The maximum absolute atomic E-state index is 11.0. The molecule has 0 radical (unpaired) electrons. The second-order valence-electron chi connectivity index (χ2n) is 7.17. The number of nitrogens with two attached hydrogens (primary N) is 1. The summed E-state index contributed by atoms with van der Waals surface area (Å²) < 4.78 is 7.23. The summed E-state index contributed by atoms with van der Waals surface area (Å²) in [4.78, 5) is 15.9. The fourth-order valence-electron chi connectivity index (χ4n) is 3.38. The van der Waals surface area contributed by atoms with Crippen molar-refractivity contribution < 1.29 is 9.53 Å². The van der Waals surface area contributed by atoms with Crippen molar-refractivity contribution in [3.63, 3.8) is 0 Å². The van der Waals surface area contributed by atoms with Crippen LogP contribution in [-0.4, -0.2) is 22.3 Å². The zero-order valence-corrected chi connectivity index (χ0v) is 16.5. The van der Waals surface area contributed by atoms with Gasteiger partial charge in [-0.3, -0.25) is 0 Å². The van der Waals surface area contributed by atoms with E-state index in [2.05, 4.69) is 54.8 Å². The molecule has 0 bridgehead atoms. The molecule has 5 heteroatoms. The molecule has 0 aliphatic heterocycles. The van der Waals surface area contributed by atoms with Crippen LogP contribution in [0.5, 0.6) is 0 Å². The number of rotatable bonds is 8. The molecule has 1 aromatic heterocycles. The number of ether oxygens (including phenoxy) is 1. The average Bonchev–Trinajstić information content (AvgIpc) is 3.01. The van der Waals surface area contributed by atoms with Gasteiger partial charge in [-0.2, -0.15) is 0 Å². The Kier molecular flexibility index (Phi) is 6.48. The average molecular weight is 377 g/mol. The topological polar surface area (TPSA) is 70.1 Å². The van der Waals surface area contributed by atoms with Crippen LogP contribution in [0, 0.1) is 0 Å². The van der Waals surface area contributed by atoms with Gasteiger partial charge in [0.25, 0.3) is 0 Å². The van der Waals surface area contributed by atoms with Crippen LogP contribution in [-0.2, 0) is 24.1 Å². The van der Waals surface area contributed by atoms with E-state index >= 15 is 0 Å². The number of aromatic nitrogens is 2. The molecule has 2 N–H and O–H groups in total. The molecule has 0 aliphatic rings. The van der Waals surface area contributed by atoms with Crippen molar-refractivity contribution in [1.29, 1.82) is 0 Å². The number of carbonyl (C=O) groups is 1. The number of hydrogen-bond donors (Lipinski definition) is 1. The number of amides is 1. The summed E-state index contributed by atoms with van der Waals surface area (Å²) in [5.41, 5.74) is 9.87. The fourth-order valence-corrected chi connectivity index (χ4v) is 3.38. The van der Waals surface area contributed by atoms with E-state index in [-0.39, 0.29) is 6.61 Å². The van der Waals surface area contributed by atoms with E-state index < -0.39 is 6.09 Å². The first kappa shape index (κ1) is 19.7. The first-order chi connectivity index (χ1) is 13.5. The van der Waals surface area contributed by atoms with Crippen LogP contribution in [0.4, 0.5) is 4.79 Å². The van der Waals surface area contributed by atoms with Crippen molar-refractivity contribution in [3.05, 3.63) is 89.0 Å². The minimum absolute atomic E-state index is 0.226. The third-order valence-electron chi connectivity index (χ3n) is 4.70. The molecule has 146 valence electrons. The summed E-state index contributed by atoms with van der Waals surface area (Å²) >= 11 is 0. The Hall–Kier alpha value is -3.08. The van der Waals surface area contributed by atoms with Gasteiger partial charge >= 0.3 is 6.09 Å². The highest BCUT2D eigenvalue weighted by molar-refractivity contribution is 5.64. The molecule has 1 amide bonds. The molecular weight excluding hydrogens is 350 g/mol. The molecule has 0 aliphatic carbocycles. The van der Waals surface area contributed by atoms with Gasteiger partial charge in [-0.15, -0.1) is 0 Å². The van der Waals surface area contributed by atoms with Gasteiger partial charge in [-0.25, -0.2) is 9.78 Å². The van der Waals surface area contributed by atoms with Crippen LogP contribution in [0.15, 0.2) is 60.7 Å². The number of nitrogens with zero attached hydrogens (tertiary/aromatic N) is 2. The van der Waals surface area contributed by atoms with Crippen molar-refractivity contribution in [2.75, 3.05) is 6.61 Å². The van der Waals surface area contributed by atoms with E-state index in [1.54, 1.807) is 0 Å². The smallest absolute Gasteiger partial charge is 0.404 e. The molecule has 0 fully saturated rings. The highest BCUT2D eigenvalue weighted by atomic mass is 16.5. The zero-order chi connectivity index (χ0) is 19.9. The fraction of sp³-hybridized carbons (Fsp3) is 0.304. The Balaban J connectivity index is 2.00. The van der Waals surface area contributed by atoms with Gasteiger partial charge in [-0.05, 0) is 17.0 Å². The summed E-state index contributed by atoms with van der Waals surface area (Å²) in [5.74, 6) is 1.21. The number of hydrogen-bond acceptors (Lipinski definition) is 3. The molecule has 3 aromatic rings. The van der Waals surface area contributed by atoms with Crippen molar-refractivity contribution in [3.8, 4) is 0 Å². The summed E-state index contributed by atoms with van der Waals surface area (Å²) in [6, 6.07) is 20.8. The maximum atomic E-state index is 11.0. The number of carbonyl (C=O) groups excluding carboxylic acids is 1. The second-order valence-corrected chi connectivity index (χ2v) is 7.17. The van der Waals surface area contributed by atoms with Gasteiger partial charge in [0.15, 0.2) is 0 Å². The number of imidazole rings is 1. The summed E-state index contributed by atoms with van der Waals surface area (Å²) in [7, 11) is 0. The standard InChI is InChI=1S/C23H27N3O2/c1-17(2)22-20(15-18-9-5-3-6-10-18)26(16-19-11-7-4-8-12-19)21(25-22)13-14-28-23(24)27/h3-12,17H,13-16H2,1-2H3,(H2,24,27). The molecule has 0 atom stereocenters. The van der Waals surface area contributed by atoms with Crippen LogP contribution in [0.1, 0.15) is 48.1 Å². The molecule has 5 nitrogen and oxygen atoms in total. The molecule has 1 heterocycles. The SMILES string of the molecule is CC(C)c1nc(CCOC(N)=O)n(Cc2ccccc2)c1Cc1ccccc1.